The third kappa shape index (κ3) is 4.04. The molecule has 1 rings (SSSR count). The first kappa shape index (κ1) is 14.0. The number of amides is 1. The van der Waals surface area contributed by atoms with Gasteiger partial charge in [-0.1, -0.05) is 22.0 Å². The number of aryl methyl sites for hydroxylation is 1. The lowest BCUT2D eigenvalue weighted by atomic mass is 10.1. The van der Waals surface area contributed by atoms with Crippen molar-refractivity contribution in [2.45, 2.75) is 40.2 Å². The third-order valence-corrected chi connectivity index (χ3v) is 3.44. The van der Waals surface area contributed by atoms with Gasteiger partial charge in [0.1, 0.15) is 5.60 Å². The second-order valence-corrected chi connectivity index (χ2v) is 5.79. The second-order valence-electron chi connectivity index (χ2n) is 5.00. The van der Waals surface area contributed by atoms with Gasteiger partial charge in [0.2, 0.25) is 0 Å². The lowest BCUT2D eigenvalue weighted by Gasteiger charge is -2.20. The molecule has 0 aliphatic rings. The number of nitrogens with one attached hydrogen (secondary N) is 1. The molecule has 17 heavy (non-hydrogen) atoms. The van der Waals surface area contributed by atoms with Crippen molar-refractivity contribution in [3.63, 3.8) is 0 Å². The van der Waals surface area contributed by atoms with Gasteiger partial charge in [0.05, 0.1) is 0 Å². The van der Waals surface area contributed by atoms with Gasteiger partial charge < -0.3 is 4.74 Å². The maximum absolute atomic E-state index is 11.6. The SMILES string of the molecule is Cc1ccc(NC(=O)OC(C)(C)C)c(C)c1Br. The molecule has 0 fully saturated rings. The predicted molar refractivity (Wildman–Crippen MR) is 73.5 cm³/mol. The molecule has 0 bridgehead atoms. The molecule has 0 radical (unpaired) electrons. The minimum atomic E-state index is -0.486. The summed E-state index contributed by atoms with van der Waals surface area (Å²) < 4.78 is 6.21. The van der Waals surface area contributed by atoms with E-state index in [2.05, 4.69) is 21.2 Å². The smallest absolute Gasteiger partial charge is 0.412 e. The molecule has 1 N–H and O–H groups in total. The maximum atomic E-state index is 11.6. The molecular weight excluding hydrogens is 282 g/mol. The van der Waals surface area contributed by atoms with Crippen LogP contribution in [0.4, 0.5) is 10.5 Å². The van der Waals surface area contributed by atoms with E-state index in [9.17, 15) is 4.79 Å². The van der Waals surface area contributed by atoms with E-state index in [-0.39, 0.29) is 0 Å². The second kappa shape index (κ2) is 5.08. The number of carbonyl (C=O) groups excluding carboxylic acids is 1. The monoisotopic (exact) mass is 299 g/mol. The van der Waals surface area contributed by atoms with E-state index in [1.807, 2.05) is 46.8 Å². The van der Waals surface area contributed by atoms with E-state index in [1.165, 1.54) is 0 Å². The van der Waals surface area contributed by atoms with Crippen molar-refractivity contribution < 1.29 is 9.53 Å². The molecule has 1 amide bonds. The van der Waals surface area contributed by atoms with Gasteiger partial charge in [-0.05, 0) is 51.8 Å². The minimum Gasteiger partial charge on any atom is -0.444 e. The number of hydrogen-bond acceptors (Lipinski definition) is 2. The lowest BCUT2D eigenvalue weighted by molar-refractivity contribution is 0.0636. The zero-order valence-corrected chi connectivity index (χ0v) is 12.4. The van der Waals surface area contributed by atoms with E-state index in [0.717, 1.165) is 21.3 Å². The molecular formula is C13H18BrNO2. The summed E-state index contributed by atoms with van der Waals surface area (Å²) in [5.74, 6) is 0. The highest BCUT2D eigenvalue weighted by atomic mass is 79.9. The van der Waals surface area contributed by atoms with Crippen LogP contribution in [0.5, 0.6) is 0 Å². The highest BCUT2D eigenvalue weighted by Gasteiger charge is 2.17. The Kier molecular flexibility index (Phi) is 4.20. The highest BCUT2D eigenvalue weighted by molar-refractivity contribution is 9.10. The summed E-state index contributed by atoms with van der Waals surface area (Å²) in [6, 6.07) is 3.82. The van der Waals surface area contributed by atoms with Crippen LogP contribution in [0.1, 0.15) is 31.9 Å². The topological polar surface area (TPSA) is 38.3 Å². The number of rotatable bonds is 1. The van der Waals surface area contributed by atoms with Crippen molar-refractivity contribution in [1.29, 1.82) is 0 Å². The minimum absolute atomic E-state index is 0.434. The molecule has 0 atom stereocenters. The van der Waals surface area contributed by atoms with Crippen molar-refractivity contribution in [2.75, 3.05) is 5.32 Å². The fourth-order valence-corrected chi connectivity index (χ4v) is 1.72. The first-order valence-corrected chi connectivity index (χ1v) is 6.26. The van der Waals surface area contributed by atoms with Crippen molar-refractivity contribution >= 4 is 27.7 Å². The normalized spacial score (nSPS) is 11.2. The number of benzene rings is 1. The van der Waals surface area contributed by atoms with E-state index >= 15 is 0 Å². The molecule has 0 unspecified atom stereocenters. The summed E-state index contributed by atoms with van der Waals surface area (Å²) in [6.45, 7) is 9.47. The fourth-order valence-electron chi connectivity index (χ4n) is 1.37. The standard InChI is InChI=1S/C13H18BrNO2/c1-8-6-7-10(9(2)11(8)14)15-12(16)17-13(3,4)5/h6-7H,1-5H3,(H,15,16). The molecule has 0 spiro atoms. The summed E-state index contributed by atoms with van der Waals surface area (Å²) in [5.41, 5.74) is 2.41. The van der Waals surface area contributed by atoms with Crippen molar-refractivity contribution in [1.82, 2.24) is 0 Å². The van der Waals surface area contributed by atoms with Crippen LogP contribution >= 0.6 is 15.9 Å². The van der Waals surface area contributed by atoms with Crippen LogP contribution in [0.25, 0.3) is 0 Å². The Morgan fingerprint density at radius 2 is 1.88 bits per heavy atom. The number of halogens is 1. The molecule has 4 heteroatoms. The Balaban J connectivity index is 2.83. The summed E-state index contributed by atoms with van der Waals surface area (Å²) in [4.78, 5) is 11.6. The fraction of sp³-hybridized carbons (Fsp3) is 0.462. The van der Waals surface area contributed by atoms with Gasteiger partial charge >= 0.3 is 6.09 Å². The van der Waals surface area contributed by atoms with Crippen molar-refractivity contribution in [3.8, 4) is 0 Å². The average molecular weight is 300 g/mol. The molecule has 3 nitrogen and oxygen atoms in total. The number of ether oxygens (including phenoxy) is 1. The van der Waals surface area contributed by atoms with E-state index < -0.39 is 11.7 Å². The van der Waals surface area contributed by atoms with Crippen LogP contribution in [0, 0.1) is 13.8 Å². The van der Waals surface area contributed by atoms with Crippen LogP contribution in [0.2, 0.25) is 0 Å². The molecule has 0 aliphatic carbocycles. The van der Waals surface area contributed by atoms with Crippen LogP contribution in [-0.4, -0.2) is 11.7 Å². The molecule has 1 aromatic rings. The van der Waals surface area contributed by atoms with Crippen LogP contribution in [0.3, 0.4) is 0 Å². The predicted octanol–water partition coefficient (Wildman–Crippen LogP) is 4.41. The van der Waals surface area contributed by atoms with Crippen molar-refractivity contribution in [2.24, 2.45) is 0 Å². The van der Waals surface area contributed by atoms with E-state index in [1.54, 1.807) is 0 Å². The zero-order chi connectivity index (χ0) is 13.2. The van der Waals surface area contributed by atoms with Crippen molar-refractivity contribution in [3.05, 3.63) is 27.7 Å². The first-order valence-electron chi connectivity index (χ1n) is 5.46. The van der Waals surface area contributed by atoms with E-state index in [4.69, 9.17) is 4.74 Å². The molecule has 0 saturated carbocycles. The van der Waals surface area contributed by atoms with Gasteiger partial charge in [-0.15, -0.1) is 0 Å². The Hall–Kier alpha value is -1.03. The van der Waals surface area contributed by atoms with Crippen LogP contribution < -0.4 is 5.32 Å². The Labute approximate surface area is 111 Å². The maximum Gasteiger partial charge on any atom is 0.412 e. The quantitative estimate of drug-likeness (QED) is 0.834. The average Bonchev–Trinajstić information content (AvgIpc) is 2.16. The first-order chi connectivity index (χ1) is 7.70. The number of hydrogen-bond donors (Lipinski definition) is 1. The van der Waals surface area contributed by atoms with E-state index in [0.29, 0.717) is 0 Å². The molecule has 1 aromatic carbocycles. The van der Waals surface area contributed by atoms with Gasteiger partial charge in [-0.25, -0.2) is 4.79 Å². The summed E-state index contributed by atoms with van der Waals surface area (Å²) in [6.07, 6.45) is -0.434. The molecule has 0 aliphatic heterocycles. The number of anilines is 1. The Morgan fingerprint density at radius 3 is 2.41 bits per heavy atom. The molecule has 0 saturated heterocycles. The summed E-state index contributed by atoms with van der Waals surface area (Å²) >= 11 is 3.49. The largest absolute Gasteiger partial charge is 0.444 e. The van der Waals surface area contributed by atoms with Gasteiger partial charge in [-0.2, -0.15) is 0 Å². The molecule has 0 heterocycles. The highest BCUT2D eigenvalue weighted by Crippen LogP contribution is 2.27. The Morgan fingerprint density at radius 1 is 1.29 bits per heavy atom. The zero-order valence-electron chi connectivity index (χ0n) is 10.8. The van der Waals surface area contributed by atoms with Gasteiger partial charge in [-0.3, -0.25) is 5.32 Å². The van der Waals surface area contributed by atoms with Crippen LogP contribution in [-0.2, 0) is 4.74 Å². The number of carbonyl (C=O) groups is 1. The molecule has 94 valence electrons. The summed E-state index contributed by atoms with van der Waals surface area (Å²) in [7, 11) is 0. The summed E-state index contributed by atoms with van der Waals surface area (Å²) in [5, 5.41) is 2.74. The van der Waals surface area contributed by atoms with Gasteiger partial charge in [0, 0.05) is 10.2 Å². The Bertz CT molecular complexity index is 436. The third-order valence-electron chi connectivity index (χ3n) is 2.22. The molecule has 0 aromatic heterocycles. The van der Waals surface area contributed by atoms with Gasteiger partial charge in [0.15, 0.2) is 0 Å². The van der Waals surface area contributed by atoms with Gasteiger partial charge in [0.25, 0.3) is 0 Å². The van der Waals surface area contributed by atoms with Crippen LogP contribution in [0.15, 0.2) is 16.6 Å². The lowest BCUT2D eigenvalue weighted by Crippen LogP contribution is -2.27.